The monoisotopic (exact) mass is 204 g/mol. The third-order valence-corrected chi connectivity index (χ3v) is 4.06. The minimum absolute atomic E-state index is 0.0921. The van der Waals surface area contributed by atoms with Gasteiger partial charge in [0, 0.05) is 11.7 Å². The molecule has 2 aromatic rings. The summed E-state index contributed by atoms with van der Waals surface area (Å²) in [6.07, 6.45) is 3.02. The quantitative estimate of drug-likeness (QED) is 0.775. The molecule has 0 amide bonds. The first-order valence-corrected chi connectivity index (χ1v) is 5.71. The third-order valence-electron chi connectivity index (χ3n) is 3.20. The molecule has 2 nitrogen and oxygen atoms in total. The van der Waals surface area contributed by atoms with E-state index in [2.05, 4.69) is 23.4 Å². The first-order valence-electron chi connectivity index (χ1n) is 4.83. The van der Waals surface area contributed by atoms with Crippen molar-refractivity contribution in [2.75, 3.05) is 0 Å². The van der Waals surface area contributed by atoms with Crippen molar-refractivity contribution in [3.05, 3.63) is 29.3 Å². The van der Waals surface area contributed by atoms with E-state index < -0.39 is 0 Å². The number of nitrogens with two attached hydrogens (primary N) is 1. The standard InChI is InChI=1S/C11H12N2S/c1-7-5-11(7,12)8-4-10-9(13-6-8)2-3-14-10/h2-4,6-7H,5,12H2,1H3. The van der Waals surface area contributed by atoms with Crippen LogP contribution in [0.4, 0.5) is 0 Å². The third kappa shape index (κ3) is 1.03. The summed E-state index contributed by atoms with van der Waals surface area (Å²) >= 11 is 1.73. The van der Waals surface area contributed by atoms with E-state index in [9.17, 15) is 0 Å². The molecule has 2 atom stereocenters. The number of rotatable bonds is 1. The van der Waals surface area contributed by atoms with Crippen LogP contribution in [-0.4, -0.2) is 4.98 Å². The number of pyridine rings is 1. The lowest BCUT2D eigenvalue weighted by Gasteiger charge is -2.09. The van der Waals surface area contributed by atoms with Crippen LogP contribution in [0.5, 0.6) is 0 Å². The van der Waals surface area contributed by atoms with Crippen LogP contribution in [0.25, 0.3) is 10.2 Å². The van der Waals surface area contributed by atoms with E-state index in [4.69, 9.17) is 5.73 Å². The Morgan fingerprint density at radius 1 is 1.64 bits per heavy atom. The Kier molecular flexibility index (Phi) is 1.53. The van der Waals surface area contributed by atoms with Gasteiger partial charge >= 0.3 is 0 Å². The van der Waals surface area contributed by atoms with Crippen LogP contribution in [0.15, 0.2) is 23.7 Å². The SMILES string of the molecule is CC1CC1(N)c1cnc2ccsc2c1. The van der Waals surface area contributed by atoms with Crippen molar-refractivity contribution in [3.8, 4) is 0 Å². The number of hydrogen-bond donors (Lipinski definition) is 1. The second-order valence-electron chi connectivity index (χ2n) is 4.17. The van der Waals surface area contributed by atoms with Gasteiger partial charge in [-0.3, -0.25) is 4.98 Å². The van der Waals surface area contributed by atoms with Crippen LogP contribution < -0.4 is 5.73 Å². The van der Waals surface area contributed by atoms with Gasteiger partial charge in [-0.15, -0.1) is 11.3 Å². The Bertz CT molecular complexity index is 491. The minimum Gasteiger partial charge on any atom is -0.321 e. The van der Waals surface area contributed by atoms with E-state index in [1.54, 1.807) is 11.3 Å². The highest BCUT2D eigenvalue weighted by molar-refractivity contribution is 7.17. The number of fused-ring (bicyclic) bond motifs is 1. The Labute approximate surface area is 86.8 Å². The molecule has 0 spiro atoms. The fourth-order valence-electron chi connectivity index (χ4n) is 1.95. The Morgan fingerprint density at radius 2 is 2.43 bits per heavy atom. The van der Waals surface area contributed by atoms with Crippen LogP contribution in [0.3, 0.4) is 0 Å². The van der Waals surface area contributed by atoms with E-state index in [0.29, 0.717) is 5.92 Å². The molecule has 3 heteroatoms. The second kappa shape index (κ2) is 2.55. The molecule has 2 unspecified atom stereocenters. The molecule has 2 heterocycles. The largest absolute Gasteiger partial charge is 0.321 e. The van der Waals surface area contributed by atoms with Crippen molar-refractivity contribution in [1.82, 2.24) is 4.98 Å². The summed E-state index contributed by atoms with van der Waals surface area (Å²) in [6.45, 7) is 2.19. The summed E-state index contributed by atoms with van der Waals surface area (Å²) < 4.78 is 1.24. The van der Waals surface area contributed by atoms with E-state index in [-0.39, 0.29) is 5.54 Å². The predicted molar refractivity (Wildman–Crippen MR) is 59.3 cm³/mol. The summed E-state index contributed by atoms with van der Waals surface area (Å²) in [6, 6.07) is 4.24. The minimum atomic E-state index is -0.0921. The zero-order valence-corrected chi connectivity index (χ0v) is 8.84. The summed E-state index contributed by atoms with van der Waals surface area (Å²) in [5.74, 6) is 0.599. The molecule has 2 aromatic heterocycles. The number of hydrogen-bond acceptors (Lipinski definition) is 3. The van der Waals surface area contributed by atoms with Gasteiger partial charge in [0.1, 0.15) is 0 Å². The van der Waals surface area contributed by atoms with Gasteiger partial charge < -0.3 is 5.73 Å². The predicted octanol–water partition coefficient (Wildman–Crippen LogP) is 2.49. The van der Waals surface area contributed by atoms with Gasteiger partial charge in [-0.1, -0.05) is 6.92 Å². The highest BCUT2D eigenvalue weighted by Crippen LogP contribution is 2.49. The molecule has 0 bridgehead atoms. The highest BCUT2D eigenvalue weighted by Gasteiger charge is 2.49. The van der Waals surface area contributed by atoms with Gasteiger partial charge in [-0.2, -0.15) is 0 Å². The first-order chi connectivity index (χ1) is 6.70. The van der Waals surface area contributed by atoms with Crippen molar-refractivity contribution in [2.45, 2.75) is 18.9 Å². The topological polar surface area (TPSA) is 38.9 Å². The van der Waals surface area contributed by atoms with Gasteiger partial charge in [-0.05, 0) is 35.4 Å². The average molecular weight is 204 g/mol. The maximum Gasteiger partial charge on any atom is 0.0809 e. The number of thiophene rings is 1. The molecule has 1 fully saturated rings. The van der Waals surface area contributed by atoms with Gasteiger partial charge in [0.25, 0.3) is 0 Å². The fraction of sp³-hybridized carbons (Fsp3) is 0.364. The van der Waals surface area contributed by atoms with Crippen molar-refractivity contribution < 1.29 is 0 Å². The van der Waals surface area contributed by atoms with Crippen molar-refractivity contribution in [1.29, 1.82) is 0 Å². The molecular weight excluding hydrogens is 192 g/mol. The molecule has 14 heavy (non-hydrogen) atoms. The Balaban J connectivity index is 2.14. The van der Waals surface area contributed by atoms with Crippen LogP contribution in [0.2, 0.25) is 0 Å². The summed E-state index contributed by atoms with van der Waals surface area (Å²) in [7, 11) is 0. The molecule has 0 aromatic carbocycles. The molecule has 1 aliphatic carbocycles. The Morgan fingerprint density at radius 3 is 3.14 bits per heavy atom. The van der Waals surface area contributed by atoms with Crippen LogP contribution in [-0.2, 0) is 5.54 Å². The van der Waals surface area contributed by atoms with E-state index >= 15 is 0 Å². The van der Waals surface area contributed by atoms with E-state index in [0.717, 1.165) is 11.9 Å². The Hall–Kier alpha value is -0.930. The second-order valence-corrected chi connectivity index (χ2v) is 5.12. The zero-order chi connectivity index (χ0) is 9.76. The van der Waals surface area contributed by atoms with Gasteiger partial charge in [0.2, 0.25) is 0 Å². The van der Waals surface area contributed by atoms with Crippen molar-refractivity contribution in [2.24, 2.45) is 11.7 Å². The normalized spacial score (nSPS) is 30.9. The summed E-state index contributed by atoms with van der Waals surface area (Å²) in [4.78, 5) is 4.41. The van der Waals surface area contributed by atoms with Gasteiger partial charge in [0.05, 0.1) is 10.2 Å². The van der Waals surface area contributed by atoms with Gasteiger partial charge in [-0.25, -0.2) is 0 Å². The molecule has 72 valence electrons. The summed E-state index contributed by atoms with van der Waals surface area (Å²) in [5.41, 5.74) is 8.42. The molecule has 0 saturated heterocycles. The smallest absolute Gasteiger partial charge is 0.0809 e. The maximum atomic E-state index is 6.24. The average Bonchev–Trinajstić information content (AvgIpc) is 2.66. The molecule has 0 aliphatic heterocycles. The first kappa shape index (κ1) is 8.38. The molecule has 0 radical (unpaired) electrons. The van der Waals surface area contributed by atoms with Gasteiger partial charge in [0.15, 0.2) is 0 Å². The van der Waals surface area contributed by atoms with Crippen LogP contribution in [0.1, 0.15) is 18.9 Å². The molecule has 1 aliphatic rings. The molecule has 1 saturated carbocycles. The molecular formula is C11H12N2S. The lowest BCUT2D eigenvalue weighted by atomic mass is 10.1. The molecule has 3 rings (SSSR count). The molecule has 2 N–H and O–H groups in total. The van der Waals surface area contributed by atoms with Crippen LogP contribution >= 0.6 is 11.3 Å². The maximum absolute atomic E-state index is 6.24. The van der Waals surface area contributed by atoms with Crippen LogP contribution in [0, 0.1) is 5.92 Å². The van der Waals surface area contributed by atoms with E-state index in [1.165, 1.54) is 10.3 Å². The van der Waals surface area contributed by atoms with Crippen molar-refractivity contribution in [3.63, 3.8) is 0 Å². The lowest BCUT2D eigenvalue weighted by Crippen LogP contribution is -2.21. The zero-order valence-electron chi connectivity index (χ0n) is 8.03. The number of nitrogens with zero attached hydrogens (tertiary/aromatic N) is 1. The van der Waals surface area contributed by atoms with E-state index in [1.807, 2.05) is 12.3 Å². The number of aromatic nitrogens is 1. The highest BCUT2D eigenvalue weighted by atomic mass is 32.1. The lowest BCUT2D eigenvalue weighted by molar-refractivity contribution is 0.663. The fourth-order valence-corrected chi connectivity index (χ4v) is 2.73. The van der Waals surface area contributed by atoms with Crippen molar-refractivity contribution >= 4 is 21.6 Å². The summed E-state index contributed by atoms with van der Waals surface area (Å²) in [5, 5.41) is 2.07.